The second kappa shape index (κ2) is 8.65. The first-order valence-corrected chi connectivity index (χ1v) is 12.4. The van der Waals surface area contributed by atoms with E-state index >= 15 is 0 Å². The molecule has 31 heavy (non-hydrogen) atoms. The maximum atomic E-state index is 13.0. The molecule has 0 spiro atoms. The Bertz CT molecular complexity index is 773. The van der Waals surface area contributed by atoms with Gasteiger partial charge < -0.3 is 20.1 Å². The third-order valence-electron chi connectivity index (χ3n) is 8.15. The summed E-state index contributed by atoms with van der Waals surface area (Å²) in [6, 6.07) is 6.04. The molecule has 1 aromatic carbocycles. The molecule has 5 aliphatic rings. The van der Waals surface area contributed by atoms with E-state index in [1.54, 1.807) is 0 Å². The Labute approximate surface area is 186 Å². The normalized spacial score (nSPS) is 33.9. The molecule has 2 atom stereocenters. The minimum absolute atomic E-state index is 0.0330. The van der Waals surface area contributed by atoms with Crippen molar-refractivity contribution in [2.45, 2.75) is 64.9 Å². The van der Waals surface area contributed by atoms with Gasteiger partial charge in [0.15, 0.2) is 11.5 Å². The highest BCUT2D eigenvalue weighted by molar-refractivity contribution is 5.83. The summed E-state index contributed by atoms with van der Waals surface area (Å²) < 4.78 is 12.1. The fraction of sp³-hybridized carbons (Fsp3) is 0.731. The van der Waals surface area contributed by atoms with Gasteiger partial charge in [0.2, 0.25) is 5.91 Å². The zero-order chi connectivity index (χ0) is 21.4. The average Bonchev–Trinajstić information content (AvgIpc) is 2.73. The lowest BCUT2D eigenvalue weighted by atomic mass is 9.49. The number of ether oxygens (including phenoxy) is 2. The Balaban J connectivity index is 1.01. The van der Waals surface area contributed by atoms with Crippen LogP contribution in [0.3, 0.4) is 0 Å². The zero-order valence-corrected chi connectivity index (χ0v) is 19.1. The summed E-state index contributed by atoms with van der Waals surface area (Å²) in [5.41, 5.74) is 1.09. The van der Waals surface area contributed by atoms with Crippen molar-refractivity contribution >= 4 is 5.91 Å². The van der Waals surface area contributed by atoms with E-state index in [2.05, 4.69) is 30.5 Å². The van der Waals surface area contributed by atoms with Gasteiger partial charge in [-0.3, -0.25) is 4.79 Å². The standard InChI is InChI=1S/C26H38N2O3/c1-17(8-22-16-30-23-5-3-4-18(2)24(23)31-22)15-27-6-7-28-25(29)26-12-19-9-20(13-26)11-21(10-19)14-26/h3-5,17,19-22,27H,6-16H2,1-2H3,(H,28,29). The molecule has 0 radical (unpaired) electrons. The summed E-state index contributed by atoms with van der Waals surface area (Å²) in [7, 11) is 0. The van der Waals surface area contributed by atoms with Gasteiger partial charge in [-0.15, -0.1) is 0 Å². The molecule has 6 rings (SSSR count). The Morgan fingerprint density at radius 3 is 2.55 bits per heavy atom. The first kappa shape index (κ1) is 21.1. The summed E-state index contributed by atoms with van der Waals surface area (Å²) in [5, 5.41) is 6.79. The molecule has 170 valence electrons. The highest BCUT2D eigenvalue weighted by Crippen LogP contribution is 2.60. The molecule has 5 nitrogen and oxygen atoms in total. The van der Waals surface area contributed by atoms with Gasteiger partial charge in [-0.05, 0) is 93.7 Å². The van der Waals surface area contributed by atoms with E-state index in [9.17, 15) is 4.79 Å². The predicted molar refractivity (Wildman–Crippen MR) is 121 cm³/mol. The lowest BCUT2D eigenvalue weighted by molar-refractivity contribution is -0.146. The van der Waals surface area contributed by atoms with Crippen LogP contribution in [0.4, 0.5) is 0 Å². The van der Waals surface area contributed by atoms with Gasteiger partial charge in [-0.25, -0.2) is 0 Å². The molecule has 4 fully saturated rings. The minimum atomic E-state index is -0.0330. The summed E-state index contributed by atoms with van der Waals surface area (Å²) >= 11 is 0. The summed E-state index contributed by atoms with van der Waals surface area (Å²) in [6.07, 6.45) is 8.62. The van der Waals surface area contributed by atoms with Crippen LogP contribution in [-0.2, 0) is 4.79 Å². The van der Waals surface area contributed by atoms with Crippen LogP contribution in [0.15, 0.2) is 18.2 Å². The van der Waals surface area contributed by atoms with Crippen molar-refractivity contribution < 1.29 is 14.3 Å². The number of carbonyl (C=O) groups excluding carboxylic acids is 1. The number of hydrogen-bond donors (Lipinski definition) is 2. The smallest absolute Gasteiger partial charge is 0.226 e. The van der Waals surface area contributed by atoms with Crippen LogP contribution in [0, 0.1) is 36.0 Å². The second-order valence-electron chi connectivity index (χ2n) is 11.0. The molecule has 1 heterocycles. The minimum Gasteiger partial charge on any atom is -0.486 e. The van der Waals surface area contributed by atoms with Crippen LogP contribution in [0.5, 0.6) is 11.5 Å². The van der Waals surface area contributed by atoms with E-state index in [0.717, 1.165) is 80.1 Å². The van der Waals surface area contributed by atoms with Crippen molar-refractivity contribution in [3.63, 3.8) is 0 Å². The van der Waals surface area contributed by atoms with Crippen molar-refractivity contribution in [3.05, 3.63) is 23.8 Å². The molecule has 1 aliphatic heterocycles. The van der Waals surface area contributed by atoms with Gasteiger partial charge in [0, 0.05) is 18.5 Å². The van der Waals surface area contributed by atoms with Crippen LogP contribution >= 0.6 is 0 Å². The van der Waals surface area contributed by atoms with Crippen molar-refractivity contribution in [2.24, 2.45) is 29.1 Å². The number of rotatable bonds is 8. The lowest BCUT2D eigenvalue weighted by Crippen LogP contribution is -2.54. The topological polar surface area (TPSA) is 59.6 Å². The number of nitrogens with one attached hydrogen (secondary N) is 2. The zero-order valence-electron chi connectivity index (χ0n) is 19.1. The molecule has 2 unspecified atom stereocenters. The maximum absolute atomic E-state index is 13.0. The Kier molecular flexibility index (Phi) is 5.89. The molecule has 0 aromatic heterocycles. The summed E-state index contributed by atoms with van der Waals surface area (Å²) in [4.78, 5) is 13.0. The Morgan fingerprint density at radius 1 is 1.13 bits per heavy atom. The quantitative estimate of drug-likeness (QED) is 0.615. The first-order valence-electron chi connectivity index (χ1n) is 12.4. The number of carbonyl (C=O) groups is 1. The van der Waals surface area contributed by atoms with E-state index in [1.807, 2.05) is 12.1 Å². The van der Waals surface area contributed by atoms with Crippen LogP contribution in [0.2, 0.25) is 0 Å². The third-order valence-corrected chi connectivity index (χ3v) is 8.15. The highest BCUT2D eigenvalue weighted by Gasteiger charge is 2.54. The van der Waals surface area contributed by atoms with Crippen LogP contribution in [0.1, 0.15) is 57.4 Å². The number of amides is 1. The summed E-state index contributed by atoms with van der Waals surface area (Å²) in [5.74, 6) is 5.03. The lowest BCUT2D eigenvalue weighted by Gasteiger charge is -2.55. The van der Waals surface area contributed by atoms with Gasteiger partial charge in [-0.2, -0.15) is 0 Å². The molecule has 5 heteroatoms. The fourth-order valence-corrected chi connectivity index (χ4v) is 7.11. The van der Waals surface area contributed by atoms with Crippen LogP contribution in [0.25, 0.3) is 0 Å². The van der Waals surface area contributed by atoms with Gasteiger partial charge in [0.25, 0.3) is 0 Å². The van der Waals surface area contributed by atoms with E-state index in [-0.39, 0.29) is 11.5 Å². The Morgan fingerprint density at radius 2 is 1.84 bits per heavy atom. The molecule has 2 N–H and O–H groups in total. The van der Waals surface area contributed by atoms with Crippen molar-refractivity contribution in [1.82, 2.24) is 10.6 Å². The van der Waals surface area contributed by atoms with Crippen LogP contribution < -0.4 is 20.1 Å². The van der Waals surface area contributed by atoms with Crippen molar-refractivity contribution in [2.75, 3.05) is 26.2 Å². The average molecular weight is 427 g/mol. The van der Waals surface area contributed by atoms with Gasteiger partial charge in [0.1, 0.15) is 12.7 Å². The summed E-state index contributed by atoms with van der Waals surface area (Å²) in [6.45, 7) is 7.40. The molecular formula is C26H38N2O3. The monoisotopic (exact) mass is 426 g/mol. The number of aryl methyl sites for hydroxylation is 1. The number of fused-ring (bicyclic) bond motifs is 1. The molecular weight excluding hydrogens is 388 g/mol. The second-order valence-corrected chi connectivity index (χ2v) is 11.0. The Hall–Kier alpha value is -1.75. The van der Waals surface area contributed by atoms with Gasteiger partial charge >= 0.3 is 0 Å². The number of hydrogen-bond acceptors (Lipinski definition) is 4. The molecule has 4 saturated carbocycles. The van der Waals surface area contributed by atoms with Crippen molar-refractivity contribution in [1.29, 1.82) is 0 Å². The number of para-hydroxylation sites is 1. The van der Waals surface area contributed by atoms with E-state index in [0.29, 0.717) is 18.4 Å². The van der Waals surface area contributed by atoms with E-state index in [1.165, 1.54) is 19.3 Å². The molecule has 1 aromatic rings. The van der Waals surface area contributed by atoms with Gasteiger partial charge in [0.05, 0.1) is 0 Å². The maximum Gasteiger partial charge on any atom is 0.226 e. The molecule has 4 aliphatic carbocycles. The molecule has 0 saturated heterocycles. The SMILES string of the molecule is Cc1cccc2c1OC(CC(C)CNCCNC(=O)C13CC4CC(CC(C4)C1)C3)CO2. The van der Waals surface area contributed by atoms with Crippen molar-refractivity contribution in [3.8, 4) is 11.5 Å². The largest absolute Gasteiger partial charge is 0.486 e. The van der Waals surface area contributed by atoms with Crippen LogP contribution in [-0.4, -0.2) is 38.3 Å². The fourth-order valence-electron chi connectivity index (χ4n) is 7.11. The first-order chi connectivity index (χ1) is 15.0. The highest BCUT2D eigenvalue weighted by atomic mass is 16.6. The predicted octanol–water partition coefficient (Wildman–Crippen LogP) is 4.08. The third kappa shape index (κ3) is 4.44. The number of benzene rings is 1. The van der Waals surface area contributed by atoms with E-state index in [4.69, 9.17) is 9.47 Å². The molecule has 1 amide bonds. The molecule has 4 bridgehead atoms. The van der Waals surface area contributed by atoms with E-state index < -0.39 is 0 Å². The van der Waals surface area contributed by atoms with Gasteiger partial charge in [-0.1, -0.05) is 19.1 Å².